The summed E-state index contributed by atoms with van der Waals surface area (Å²) in [5, 5.41) is 6.13. The lowest BCUT2D eigenvalue weighted by molar-refractivity contribution is -0.151. The molecule has 124 valence electrons. The summed E-state index contributed by atoms with van der Waals surface area (Å²) in [5.41, 5.74) is -1.22. The van der Waals surface area contributed by atoms with Crippen LogP contribution in [0.4, 0.5) is 0 Å². The summed E-state index contributed by atoms with van der Waals surface area (Å²) in [6.07, 6.45) is 1.48. The third-order valence-electron chi connectivity index (χ3n) is 3.89. The molecule has 1 fully saturated rings. The van der Waals surface area contributed by atoms with E-state index in [9.17, 15) is 9.59 Å². The van der Waals surface area contributed by atoms with Crippen molar-refractivity contribution in [3.63, 3.8) is 0 Å². The number of rotatable bonds is 6. The third kappa shape index (κ3) is 5.13. The minimum atomic E-state index is -0.731. The number of halogens is 1. The van der Waals surface area contributed by atoms with E-state index in [1.165, 1.54) is 7.11 Å². The van der Waals surface area contributed by atoms with Gasteiger partial charge in [-0.1, -0.05) is 0 Å². The molecular formula is C14H27ClN2O4. The van der Waals surface area contributed by atoms with Gasteiger partial charge in [0.2, 0.25) is 5.91 Å². The molecule has 6 nitrogen and oxygen atoms in total. The van der Waals surface area contributed by atoms with Crippen LogP contribution in [0, 0.1) is 10.8 Å². The van der Waals surface area contributed by atoms with Gasteiger partial charge in [0.15, 0.2) is 0 Å². The average molecular weight is 323 g/mol. The summed E-state index contributed by atoms with van der Waals surface area (Å²) < 4.78 is 9.97. The molecule has 0 bridgehead atoms. The van der Waals surface area contributed by atoms with Gasteiger partial charge >= 0.3 is 5.97 Å². The number of nitrogens with one attached hydrogen (secondary N) is 2. The number of methoxy groups -OCH3 is 2. The SMILES string of the molecule is COCC1(C(=O)NCC(C)(C)C(=O)OC)CCNCC1.Cl. The van der Waals surface area contributed by atoms with Gasteiger partial charge in [-0.05, 0) is 39.8 Å². The van der Waals surface area contributed by atoms with E-state index >= 15 is 0 Å². The van der Waals surface area contributed by atoms with Crippen LogP contribution in [0.3, 0.4) is 0 Å². The van der Waals surface area contributed by atoms with Crippen molar-refractivity contribution in [1.82, 2.24) is 10.6 Å². The molecule has 0 aliphatic carbocycles. The number of carbonyl (C=O) groups excluding carboxylic acids is 2. The maximum atomic E-state index is 12.5. The molecule has 0 aromatic heterocycles. The summed E-state index contributed by atoms with van der Waals surface area (Å²) in [6.45, 7) is 5.78. The number of carbonyl (C=O) groups is 2. The van der Waals surface area contributed by atoms with E-state index in [2.05, 4.69) is 10.6 Å². The van der Waals surface area contributed by atoms with Crippen LogP contribution in [0.1, 0.15) is 26.7 Å². The Hall–Kier alpha value is -0.850. The van der Waals surface area contributed by atoms with Crippen LogP contribution >= 0.6 is 12.4 Å². The Balaban J connectivity index is 0.00000400. The summed E-state index contributed by atoms with van der Waals surface area (Å²) in [6, 6.07) is 0. The molecule has 21 heavy (non-hydrogen) atoms. The molecule has 1 amide bonds. The fraction of sp³-hybridized carbons (Fsp3) is 0.857. The highest BCUT2D eigenvalue weighted by molar-refractivity contribution is 5.85. The van der Waals surface area contributed by atoms with E-state index in [0.717, 1.165) is 25.9 Å². The molecule has 1 aliphatic rings. The number of piperidine rings is 1. The van der Waals surface area contributed by atoms with Crippen molar-refractivity contribution in [3.8, 4) is 0 Å². The van der Waals surface area contributed by atoms with Crippen molar-refractivity contribution in [2.45, 2.75) is 26.7 Å². The standard InChI is InChI=1S/C14H26N2O4.ClH/c1-13(2,12(18)20-4)9-16-11(17)14(10-19-3)5-7-15-8-6-14;/h15H,5-10H2,1-4H3,(H,16,17);1H. The average Bonchev–Trinajstić information content (AvgIpc) is 2.45. The summed E-state index contributed by atoms with van der Waals surface area (Å²) >= 11 is 0. The van der Waals surface area contributed by atoms with Crippen molar-refractivity contribution in [1.29, 1.82) is 0 Å². The normalized spacial score (nSPS) is 17.5. The van der Waals surface area contributed by atoms with Crippen LogP contribution in [0.25, 0.3) is 0 Å². The van der Waals surface area contributed by atoms with Crippen molar-refractivity contribution in [3.05, 3.63) is 0 Å². The molecule has 0 spiro atoms. The zero-order valence-electron chi connectivity index (χ0n) is 13.3. The van der Waals surface area contributed by atoms with Gasteiger partial charge in [-0.25, -0.2) is 0 Å². The summed E-state index contributed by atoms with van der Waals surface area (Å²) in [7, 11) is 2.96. The second-order valence-electron chi connectivity index (χ2n) is 6.02. The second-order valence-corrected chi connectivity index (χ2v) is 6.02. The molecule has 1 aliphatic heterocycles. The van der Waals surface area contributed by atoms with Crippen molar-refractivity contribution in [2.24, 2.45) is 10.8 Å². The van der Waals surface area contributed by atoms with Crippen molar-refractivity contribution < 1.29 is 19.1 Å². The number of ether oxygens (including phenoxy) is 2. The second kappa shape index (κ2) is 8.56. The van der Waals surface area contributed by atoms with Crippen LogP contribution in [-0.4, -0.2) is 52.3 Å². The molecule has 7 heteroatoms. The summed E-state index contributed by atoms with van der Waals surface area (Å²) in [4.78, 5) is 24.1. The zero-order chi connectivity index (χ0) is 15.2. The van der Waals surface area contributed by atoms with E-state index < -0.39 is 10.8 Å². The van der Waals surface area contributed by atoms with Crippen LogP contribution in [0.2, 0.25) is 0 Å². The molecule has 1 rings (SSSR count). The first-order chi connectivity index (χ1) is 9.38. The lowest BCUT2D eigenvalue weighted by atomic mass is 9.78. The van der Waals surface area contributed by atoms with Gasteiger partial charge in [0.25, 0.3) is 0 Å². The maximum Gasteiger partial charge on any atom is 0.313 e. The highest BCUT2D eigenvalue weighted by Gasteiger charge is 2.40. The first kappa shape index (κ1) is 20.1. The summed E-state index contributed by atoms with van der Waals surface area (Å²) in [5.74, 6) is -0.373. The Kier molecular flexibility index (Phi) is 8.21. The van der Waals surface area contributed by atoms with Crippen molar-refractivity contribution >= 4 is 24.3 Å². The minimum Gasteiger partial charge on any atom is -0.469 e. The Bertz CT molecular complexity index is 349. The van der Waals surface area contributed by atoms with E-state index in [-0.39, 0.29) is 30.8 Å². The molecule has 0 aromatic rings. The van der Waals surface area contributed by atoms with Crippen LogP contribution in [0.15, 0.2) is 0 Å². The van der Waals surface area contributed by atoms with Gasteiger partial charge in [-0.15, -0.1) is 12.4 Å². The first-order valence-electron chi connectivity index (χ1n) is 6.94. The largest absolute Gasteiger partial charge is 0.469 e. The number of hydrogen-bond acceptors (Lipinski definition) is 5. The Morgan fingerprint density at radius 2 is 1.81 bits per heavy atom. The lowest BCUT2D eigenvalue weighted by Crippen LogP contribution is -2.52. The maximum absolute atomic E-state index is 12.5. The smallest absolute Gasteiger partial charge is 0.313 e. The van der Waals surface area contributed by atoms with Gasteiger partial charge < -0.3 is 20.1 Å². The Morgan fingerprint density at radius 3 is 2.29 bits per heavy atom. The molecule has 2 N–H and O–H groups in total. The molecule has 0 atom stereocenters. The zero-order valence-corrected chi connectivity index (χ0v) is 14.1. The Labute approximate surface area is 132 Å². The fourth-order valence-electron chi connectivity index (χ4n) is 2.46. The van der Waals surface area contributed by atoms with Crippen LogP contribution in [0.5, 0.6) is 0 Å². The number of amides is 1. The number of esters is 1. The molecule has 1 heterocycles. The Morgan fingerprint density at radius 1 is 1.24 bits per heavy atom. The molecule has 0 aromatic carbocycles. The van der Waals surface area contributed by atoms with Crippen molar-refractivity contribution in [2.75, 3.05) is 40.5 Å². The topological polar surface area (TPSA) is 76.7 Å². The van der Waals surface area contributed by atoms with E-state index in [0.29, 0.717) is 6.61 Å². The molecular weight excluding hydrogens is 296 g/mol. The van der Waals surface area contributed by atoms with E-state index in [1.807, 2.05) is 0 Å². The van der Waals surface area contributed by atoms with Gasteiger partial charge in [0.1, 0.15) is 0 Å². The third-order valence-corrected chi connectivity index (χ3v) is 3.89. The van der Waals surface area contributed by atoms with Crippen LogP contribution < -0.4 is 10.6 Å². The highest BCUT2D eigenvalue weighted by Crippen LogP contribution is 2.29. The highest BCUT2D eigenvalue weighted by atomic mass is 35.5. The quantitative estimate of drug-likeness (QED) is 0.705. The first-order valence-corrected chi connectivity index (χ1v) is 6.94. The fourth-order valence-corrected chi connectivity index (χ4v) is 2.46. The predicted molar refractivity (Wildman–Crippen MR) is 82.5 cm³/mol. The lowest BCUT2D eigenvalue weighted by Gasteiger charge is -2.36. The van der Waals surface area contributed by atoms with Gasteiger partial charge in [-0.3, -0.25) is 9.59 Å². The van der Waals surface area contributed by atoms with Gasteiger partial charge in [0, 0.05) is 13.7 Å². The number of hydrogen-bond donors (Lipinski definition) is 2. The predicted octanol–water partition coefficient (Wildman–Crippen LogP) is 0.740. The minimum absolute atomic E-state index is 0. The van der Waals surface area contributed by atoms with E-state index in [4.69, 9.17) is 9.47 Å². The molecule has 0 saturated carbocycles. The molecule has 1 saturated heterocycles. The van der Waals surface area contributed by atoms with Crippen LogP contribution in [-0.2, 0) is 19.1 Å². The van der Waals surface area contributed by atoms with Gasteiger partial charge in [0.05, 0.1) is 24.5 Å². The molecule has 0 radical (unpaired) electrons. The molecule has 0 unspecified atom stereocenters. The van der Waals surface area contributed by atoms with Gasteiger partial charge in [-0.2, -0.15) is 0 Å². The van der Waals surface area contributed by atoms with E-state index in [1.54, 1.807) is 21.0 Å². The monoisotopic (exact) mass is 322 g/mol.